The van der Waals surface area contributed by atoms with E-state index in [1.165, 1.54) is 5.56 Å². The van der Waals surface area contributed by atoms with E-state index in [4.69, 9.17) is 0 Å². The van der Waals surface area contributed by atoms with Crippen LogP contribution in [0.25, 0.3) is 0 Å². The molecule has 1 aromatic rings. The Balaban J connectivity index is 0. The van der Waals surface area contributed by atoms with Gasteiger partial charge in [0.15, 0.2) is 0 Å². The maximum Gasteiger partial charge on any atom is 0.0654 e. The molecule has 0 bridgehead atoms. The van der Waals surface area contributed by atoms with Crippen molar-refractivity contribution in [1.82, 2.24) is 0 Å². The van der Waals surface area contributed by atoms with Crippen LogP contribution in [0.1, 0.15) is 33.3 Å². The van der Waals surface area contributed by atoms with Crippen molar-refractivity contribution in [3.8, 4) is 12.3 Å². The SMILES string of the molecule is C#CC.CC.CC=Nc1ccccc1C. The minimum atomic E-state index is 1.06. The first kappa shape index (κ1) is 15.9. The highest BCUT2D eigenvalue weighted by molar-refractivity contribution is 5.62. The van der Waals surface area contributed by atoms with Crippen molar-refractivity contribution in [1.29, 1.82) is 0 Å². The number of hydrogen-bond donors (Lipinski definition) is 0. The van der Waals surface area contributed by atoms with E-state index in [1.54, 1.807) is 6.92 Å². The Kier molecular flexibility index (Phi) is 13.2. The van der Waals surface area contributed by atoms with Crippen molar-refractivity contribution < 1.29 is 0 Å². The third-order valence-electron chi connectivity index (χ3n) is 1.38. The van der Waals surface area contributed by atoms with Gasteiger partial charge < -0.3 is 0 Å². The second kappa shape index (κ2) is 12.4. The van der Waals surface area contributed by atoms with Gasteiger partial charge in [-0.25, -0.2) is 0 Å². The van der Waals surface area contributed by atoms with E-state index < -0.39 is 0 Å². The Morgan fingerprint density at radius 2 is 1.73 bits per heavy atom. The van der Waals surface area contributed by atoms with Crippen LogP contribution >= 0.6 is 0 Å². The van der Waals surface area contributed by atoms with Gasteiger partial charge in [-0.15, -0.1) is 12.3 Å². The molecule has 0 saturated carbocycles. The maximum absolute atomic E-state index is 4.60. The molecule has 0 fully saturated rings. The number of terminal acetylenes is 1. The fraction of sp³-hybridized carbons (Fsp3) is 0.357. The Bertz CT molecular complexity index is 305. The van der Waals surface area contributed by atoms with E-state index >= 15 is 0 Å². The number of nitrogens with zero attached hydrogens (tertiary/aromatic N) is 1. The van der Waals surface area contributed by atoms with Crippen molar-refractivity contribution in [2.45, 2.75) is 34.6 Å². The van der Waals surface area contributed by atoms with Gasteiger partial charge in [-0.3, -0.25) is 4.99 Å². The zero-order valence-corrected chi connectivity index (χ0v) is 10.4. The number of aryl methyl sites for hydroxylation is 1. The third kappa shape index (κ3) is 8.77. The Labute approximate surface area is 94.3 Å². The van der Waals surface area contributed by atoms with E-state index in [1.807, 2.05) is 45.2 Å². The molecular weight excluding hydrogens is 182 g/mol. The Morgan fingerprint density at radius 3 is 2.13 bits per heavy atom. The van der Waals surface area contributed by atoms with Crippen LogP contribution in [-0.2, 0) is 0 Å². The first-order valence-electron chi connectivity index (χ1n) is 5.18. The van der Waals surface area contributed by atoms with Crippen LogP contribution in [0.15, 0.2) is 29.3 Å². The molecule has 0 saturated heterocycles. The summed E-state index contributed by atoms with van der Waals surface area (Å²) in [6, 6.07) is 8.08. The standard InChI is InChI=1S/C9H11N.C3H4.C2H6/c1-3-10-9-7-5-4-6-8(9)2;1-3-2;1-2/h3-7H,1-2H3;1H,2H3;1-2H3. The van der Waals surface area contributed by atoms with Crippen LogP contribution in [0.5, 0.6) is 0 Å². The molecule has 0 unspecified atom stereocenters. The predicted molar refractivity (Wildman–Crippen MR) is 70.9 cm³/mol. The highest BCUT2D eigenvalue weighted by Crippen LogP contribution is 2.15. The zero-order valence-electron chi connectivity index (χ0n) is 10.4. The van der Waals surface area contributed by atoms with E-state index in [2.05, 4.69) is 30.3 Å². The molecule has 1 heteroatoms. The topological polar surface area (TPSA) is 12.4 Å². The molecule has 0 N–H and O–H groups in total. The Morgan fingerprint density at radius 1 is 1.27 bits per heavy atom. The average molecular weight is 203 g/mol. The maximum atomic E-state index is 4.60. The molecule has 15 heavy (non-hydrogen) atoms. The van der Waals surface area contributed by atoms with Crippen molar-refractivity contribution in [2.75, 3.05) is 0 Å². The molecule has 1 aromatic carbocycles. The molecular formula is C14H21N. The van der Waals surface area contributed by atoms with Gasteiger partial charge in [0.2, 0.25) is 0 Å². The largest absolute Gasteiger partial charge is 0.261 e. The lowest BCUT2D eigenvalue weighted by Gasteiger charge is -1.95. The van der Waals surface area contributed by atoms with Crippen molar-refractivity contribution in [3.05, 3.63) is 29.8 Å². The summed E-state index contributed by atoms with van der Waals surface area (Å²) in [5, 5.41) is 0. The Hall–Kier alpha value is -1.55. The molecule has 1 rings (SSSR count). The van der Waals surface area contributed by atoms with E-state index in [0.717, 1.165) is 5.69 Å². The van der Waals surface area contributed by atoms with Gasteiger partial charge in [0.25, 0.3) is 0 Å². The quantitative estimate of drug-likeness (QED) is 0.474. The summed E-state index contributed by atoms with van der Waals surface area (Å²) in [5.74, 6) is 2.25. The minimum absolute atomic E-state index is 1.06. The van der Waals surface area contributed by atoms with Crippen LogP contribution in [0.2, 0.25) is 0 Å². The van der Waals surface area contributed by atoms with Crippen molar-refractivity contribution in [2.24, 2.45) is 4.99 Å². The predicted octanol–water partition coefficient (Wildman–Crippen LogP) is 4.38. The molecule has 0 atom stereocenters. The fourth-order valence-corrected chi connectivity index (χ4v) is 0.847. The summed E-state index contributed by atoms with van der Waals surface area (Å²) in [5.41, 5.74) is 2.28. The van der Waals surface area contributed by atoms with Crippen molar-refractivity contribution >= 4 is 11.9 Å². The van der Waals surface area contributed by atoms with Gasteiger partial charge in [-0.1, -0.05) is 32.0 Å². The second-order valence-electron chi connectivity index (χ2n) is 2.46. The molecule has 0 aliphatic carbocycles. The number of hydrogen-bond acceptors (Lipinski definition) is 1. The first-order chi connectivity index (χ1) is 7.26. The normalized spacial score (nSPS) is 8.00. The first-order valence-corrected chi connectivity index (χ1v) is 5.18. The molecule has 0 amide bonds. The van der Waals surface area contributed by atoms with Crippen LogP contribution < -0.4 is 0 Å². The third-order valence-corrected chi connectivity index (χ3v) is 1.38. The number of rotatable bonds is 1. The van der Waals surface area contributed by atoms with E-state index in [0.29, 0.717) is 0 Å². The lowest BCUT2D eigenvalue weighted by atomic mass is 10.2. The molecule has 1 nitrogen and oxygen atoms in total. The summed E-state index contributed by atoms with van der Waals surface area (Å²) in [6.07, 6.45) is 6.41. The van der Waals surface area contributed by atoms with Gasteiger partial charge in [0.1, 0.15) is 0 Å². The van der Waals surface area contributed by atoms with Gasteiger partial charge in [0, 0.05) is 6.21 Å². The van der Waals surface area contributed by atoms with E-state index in [9.17, 15) is 0 Å². The molecule has 0 aromatic heterocycles. The fourth-order valence-electron chi connectivity index (χ4n) is 0.847. The van der Waals surface area contributed by atoms with E-state index in [-0.39, 0.29) is 0 Å². The van der Waals surface area contributed by atoms with Gasteiger partial charge >= 0.3 is 0 Å². The van der Waals surface area contributed by atoms with Gasteiger partial charge in [-0.05, 0) is 32.4 Å². The molecule has 0 radical (unpaired) electrons. The van der Waals surface area contributed by atoms with Crippen LogP contribution in [0, 0.1) is 19.3 Å². The number of aliphatic imine (C=N–C) groups is 1. The highest BCUT2D eigenvalue weighted by atomic mass is 14.7. The molecule has 0 aliphatic heterocycles. The van der Waals surface area contributed by atoms with Crippen LogP contribution in [-0.4, -0.2) is 6.21 Å². The molecule has 0 aliphatic rings. The monoisotopic (exact) mass is 203 g/mol. The van der Waals surface area contributed by atoms with Crippen LogP contribution in [0.4, 0.5) is 5.69 Å². The average Bonchev–Trinajstić information content (AvgIpc) is 2.26. The summed E-state index contributed by atoms with van der Waals surface area (Å²) in [4.78, 5) is 4.18. The number of para-hydroxylation sites is 1. The van der Waals surface area contributed by atoms with Crippen LogP contribution in [0.3, 0.4) is 0 Å². The molecule has 0 spiro atoms. The van der Waals surface area contributed by atoms with Gasteiger partial charge in [0.05, 0.1) is 5.69 Å². The second-order valence-corrected chi connectivity index (χ2v) is 2.46. The summed E-state index contributed by atoms with van der Waals surface area (Å²) in [6.45, 7) is 9.63. The highest BCUT2D eigenvalue weighted by Gasteiger charge is 1.89. The molecule has 82 valence electrons. The molecule has 0 heterocycles. The summed E-state index contributed by atoms with van der Waals surface area (Å²) < 4.78 is 0. The minimum Gasteiger partial charge on any atom is -0.261 e. The zero-order chi connectivity index (χ0) is 12.1. The van der Waals surface area contributed by atoms with Gasteiger partial charge in [-0.2, -0.15) is 0 Å². The number of benzene rings is 1. The summed E-state index contributed by atoms with van der Waals surface area (Å²) >= 11 is 0. The lowest BCUT2D eigenvalue weighted by Crippen LogP contribution is -1.71. The lowest BCUT2D eigenvalue weighted by molar-refractivity contribution is 1.40. The smallest absolute Gasteiger partial charge is 0.0654 e. The summed E-state index contributed by atoms with van der Waals surface area (Å²) in [7, 11) is 0. The van der Waals surface area contributed by atoms with Crippen molar-refractivity contribution in [3.63, 3.8) is 0 Å².